The van der Waals surface area contributed by atoms with Crippen molar-refractivity contribution in [2.75, 3.05) is 6.54 Å². The Balaban J connectivity index is 1.87. The van der Waals surface area contributed by atoms with Crippen molar-refractivity contribution in [2.45, 2.75) is 77.2 Å². The van der Waals surface area contributed by atoms with Gasteiger partial charge in [-0.05, 0) is 50.9 Å². The number of hydrogen-bond donors (Lipinski definition) is 1. The van der Waals surface area contributed by atoms with Gasteiger partial charge >= 0.3 is 5.97 Å². The first kappa shape index (κ1) is 16.3. The zero-order valence-electron chi connectivity index (χ0n) is 13.2. The van der Waals surface area contributed by atoms with Gasteiger partial charge in [0.15, 0.2) is 0 Å². The molecule has 2 aliphatic rings. The number of likely N-dealkylation sites (tertiary alicyclic amines) is 1. The number of carboxylic acids is 1. The van der Waals surface area contributed by atoms with Crippen LogP contribution in [-0.2, 0) is 9.59 Å². The van der Waals surface area contributed by atoms with E-state index in [9.17, 15) is 14.7 Å². The molecule has 120 valence electrons. The maximum atomic E-state index is 12.7. The first-order valence-electron chi connectivity index (χ1n) is 8.66. The summed E-state index contributed by atoms with van der Waals surface area (Å²) in [7, 11) is 0. The van der Waals surface area contributed by atoms with Gasteiger partial charge in [0.1, 0.15) is 6.04 Å². The highest BCUT2D eigenvalue weighted by Crippen LogP contribution is 2.34. The van der Waals surface area contributed by atoms with Gasteiger partial charge in [-0.15, -0.1) is 0 Å². The van der Waals surface area contributed by atoms with Crippen LogP contribution in [0, 0.1) is 11.8 Å². The number of hydrogen-bond acceptors (Lipinski definition) is 2. The van der Waals surface area contributed by atoms with E-state index in [-0.39, 0.29) is 11.8 Å². The number of piperidine rings is 1. The molecule has 4 nitrogen and oxygen atoms in total. The Morgan fingerprint density at radius 2 is 1.81 bits per heavy atom. The van der Waals surface area contributed by atoms with Gasteiger partial charge in [-0.2, -0.15) is 0 Å². The van der Waals surface area contributed by atoms with Gasteiger partial charge in [0.25, 0.3) is 0 Å². The Hall–Kier alpha value is -1.06. The minimum atomic E-state index is -0.834. The molecule has 1 saturated carbocycles. The van der Waals surface area contributed by atoms with Crippen LogP contribution in [0.1, 0.15) is 71.1 Å². The Morgan fingerprint density at radius 1 is 1.10 bits per heavy atom. The summed E-state index contributed by atoms with van der Waals surface area (Å²) < 4.78 is 0. The molecule has 1 aliphatic heterocycles. The lowest BCUT2D eigenvalue weighted by molar-refractivity contribution is -0.154. The van der Waals surface area contributed by atoms with E-state index in [1.807, 2.05) is 0 Å². The molecular weight excluding hydrogens is 266 g/mol. The maximum absolute atomic E-state index is 12.7. The summed E-state index contributed by atoms with van der Waals surface area (Å²) in [5, 5.41) is 9.30. The number of nitrogens with zero attached hydrogens (tertiary/aromatic N) is 1. The fraction of sp³-hybridized carbons (Fsp3) is 0.882. The van der Waals surface area contributed by atoms with Crippen LogP contribution < -0.4 is 0 Å². The predicted molar refractivity (Wildman–Crippen MR) is 82.0 cm³/mol. The summed E-state index contributed by atoms with van der Waals surface area (Å²) in [5.74, 6) is 0.129. The van der Waals surface area contributed by atoms with Crippen molar-refractivity contribution in [1.82, 2.24) is 4.90 Å². The largest absolute Gasteiger partial charge is 0.480 e. The highest BCUT2D eigenvalue weighted by molar-refractivity contribution is 5.85. The smallest absolute Gasteiger partial charge is 0.326 e. The lowest BCUT2D eigenvalue weighted by Gasteiger charge is -2.37. The third-order valence-electron chi connectivity index (χ3n) is 5.23. The lowest BCUT2D eigenvalue weighted by Crippen LogP contribution is -2.50. The van der Waals surface area contributed by atoms with Crippen molar-refractivity contribution in [3.05, 3.63) is 0 Å². The van der Waals surface area contributed by atoms with Crippen molar-refractivity contribution in [1.29, 1.82) is 0 Å². The number of aliphatic carboxylic acids is 1. The minimum Gasteiger partial charge on any atom is -0.480 e. The second-order valence-electron chi connectivity index (χ2n) is 6.74. The molecular formula is C17H29NO3. The summed E-state index contributed by atoms with van der Waals surface area (Å²) in [6.45, 7) is 2.85. The third kappa shape index (κ3) is 4.21. The molecule has 1 saturated heterocycles. The second-order valence-corrected chi connectivity index (χ2v) is 6.74. The number of carbonyl (C=O) groups is 2. The van der Waals surface area contributed by atoms with Crippen LogP contribution >= 0.6 is 0 Å². The summed E-state index contributed by atoms with van der Waals surface area (Å²) in [6, 6.07) is -0.580. The molecule has 21 heavy (non-hydrogen) atoms. The quantitative estimate of drug-likeness (QED) is 0.845. The molecule has 1 amide bonds. The molecule has 2 rings (SSSR count). The topological polar surface area (TPSA) is 57.6 Å². The van der Waals surface area contributed by atoms with Crippen LogP contribution in [0.25, 0.3) is 0 Å². The zero-order valence-corrected chi connectivity index (χ0v) is 13.2. The van der Waals surface area contributed by atoms with Gasteiger partial charge in [0, 0.05) is 12.5 Å². The molecule has 1 atom stereocenters. The molecule has 0 spiro atoms. The van der Waals surface area contributed by atoms with Crippen LogP contribution in [0.3, 0.4) is 0 Å². The van der Waals surface area contributed by atoms with Gasteiger partial charge in [0.05, 0.1) is 0 Å². The number of rotatable bonds is 5. The SMILES string of the molecule is CCCCC1CCC(C(=O)N2CCCCC2C(=O)O)CC1. The first-order valence-corrected chi connectivity index (χ1v) is 8.66. The molecule has 1 unspecified atom stereocenters. The van der Waals surface area contributed by atoms with Crippen LogP contribution in [-0.4, -0.2) is 34.5 Å². The fourth-order valence-electron chi connectivity index (χ4n) is 3.88. The van der Waals surface area contributed by atoms with E-state index in [0.29, 0.717) is 13.0 Å². The van der Waals surface area contributed by atoms with Crippen molar-refractivity contribution < 1.29 is 14.7 Å². The van der Waals surface area contributed by atoms with Crippen LogP contribution in [0.2, 0.25) is 0 Å². The normalized spacial score (nSPS) is 30.1. The minimum absolute atomic E-state index is 0.0721. The fourth-order valence-corrected chi connectivity index (χ4v) is 3.88. The van der Waals surface area contributed by atoms with Crippen molar-refractivity contribution >= 4 is 11.9 Å². The van der Waals surface area contributed by atoms with E-state index in [1.165, 1.54) is 19.3 Å². The third-order valence-corrected chi connectivity index (χ3v) is 5.23. The van der Waals surface area contributed by atoms with Crippen LogP contribution in [0.4, 0.5) is 0 Å². The summed E-state index contributed by atoms with van der Waals surface area (Å²) in [6.07, 6.45) is 10.5. The maximum Gasteiger partial charge on any atom is 0.326 e. The van der Waals surface area contributed by atoms with E-state index in [0.717, 1.165) is 44.4 Å². The van der Waals surface area contributed by atoms with Gasteiger partial charge in [0.2, 0.25) is 5.91 Å². The Bertz CT molecular complexity index is 361. The van der Waals surface area contributed by atoms with E-state index in [2.05, 4.69) is 6.92 Å². The lowest BCUT2D eigenvalue weighted by atomic mass is 9.79. The standard InChI is InChI=1S/C17H29NO3/c1-2-3-6-13-8-10-14(11-9-13)16(19)18-12-5-4-7-15(18)17(20)21/h13-15H,2-12H2,1H3,(H,20,21). The highest BCUT2D eigenvalue weighted by atomic mass is 16.4. The summed E-state index contributed by atoms with van der Waals surface area (Å²) >= 11 is 0. The van der Waals surface area contributed by atoms with Crippen molar-refractivity contribution in [3.63, 3.8) is 0 Å². The second kappa shape index (κ2) is 7.81. The number of carbonyl (C=O) groups excluding carboxylic acids is 1. The van der Waals surface area contributed by atoms with Crippen LogP contribution in [0.5, 0.6) is 0 Å². The van der Waals surface area contributed by atoms with E-state index >= 15 is 0 Å². The zero-order chi connectivity index (χ0) is 15.2. The highest BCUT2D eigenvalue weighted by Gasteiger charge is 2.36. The Labute approximate surface area is 127 Å². The molecule has 4 heteroatoms. The van der Waals surface area contributed by atoms with Crippen molar-refractivity contribution in [2.24, 2.45) is 11.8 Å². The molecule has 0 aromatic rings. The predicted octanol–water partition coefficient (Wildman–Crippen LogP) is 3.45. The molecule has 0 aromatic heterocycles. The molecule has 0 bridgehead atoms. The molecule has 1 heterocycles. The van der Waals surface area contributed by atoms with E-state index in [4.69, 9.17) is 0 Å². The average molecular weight is 295 g/mol. The molecule has 0 aromatic carbocycles. The molecule has 1 N–H and O–H groups in total. The molecule has 2 fully saturated rings. The molecule has 1 aliphatic carbocycles. The number of amides is 1. The summed E-state index contributed by atoms with van der Waals surface area (Å²) in [4.78, 5) is 25.6. The van der Waals surface area contributed by atoms with Gasteiger partial charge in [-0.3, -0.25) is 4.79 Å². The van der Waals surface area contributed by atoms with Gasteiger partial charge < -0.3 is 10.0 Å². The molecule has 0 radical (unpaired) electrons. The van der Waals surface area contributed by atoms with E-state index in [1.54, 1.807) is 4.90 Å². The van der Waals surface area contributed by atoms with E-state index < -0.39 is 12.0 Å². The van der Waals surface area contributed by atoms with Crippen LogP contribution in [0.15, 0.2) is 0 Å². The Kier molecular flexibility index (Phi) is 6.07. The van der Waals surface area contributed by atoms with Crippen molar-refractivity contribution in [3.8, 4) is 0 Å². The Morgan fingerprint density at radius 3 is 2.43 bits per heavy atom. The van der Waals surface area contributed by atoms with Gasteiger partial charge in [-0.1, -0.05) is 26.2 Å². The number of unbranched alkanes of at least 4 members (excludes halogenated alkanes) is 1. The first-order chi connectivity index (χ1) is 10.1. The monoisotopic (exact) mass is 295 g/mol. The van der Waals surface area contributed by atoms with Gasteiger partial charge in [-0.25, -0.2) is 4.79 Å². The number of carboxylic acid groups (broad SMARTS) is 1. The average Bonchev–Trinajstić information content (AvgIpc) is 2.52. The summed E-state index contributed by atoms with van der Waals surface area (Å²) in [5.41, 5.74) is 0.